The molecule has 7 aromatic rings. The van der Waals surface area contributed by atoms with Crippen molar-refractivity contribution >= 4 is 39.2 Å². The normalized spacial score (nSPS) is 11.3. The Labute approximate surface area is 270 Å². The largest absolute Gasteiger partial charge is 0.398 e. The fraction of sp³-hybridized carbons (Fsp3) is 0. The first kappa shape index (κ1) is 28.6. The van der Waals surface area contributed by atoms with Crippen LogP contribution in [0.15, 0.2) is 182 Å². The van der Waals surface area contributed by atoms with E-state index >= 15 is 0 Å². The molecule has 0 atom stereocenters. The van der Waals surface area contributed by atoms with Gasteiger partial charge in [-0.3, -0.25) is 0 Å². The van der Waals surface area contributed by atoms with Crippen molar-refractivity contribution < 1.29 is 0 Å². The molecule has 3 heteroatoms. The average Bonchev–Trinajstić information content (AvgIpc) is 3.13. The lowest BCUT2D eigenvalue weighted by Crippen LogP contribution is -2.10. The predicted molar refractivity (Wildman–Crippen MR) is 195 cm³/mol. The topological polar surface area (TPSA) is 53.1 Å². The molecule has 0 radical (unpaired) electrons. The number of nitrogens with two attached hydrogens (primary N) is 1. The number of hydrogen-bond donors (Lipinski definition) is 2. The van der Waals surface area contributed by atoms with Gasteiger partial charge >= 0.3 is 0 Å². The van der Waals surface area contributed by atoms with E-state index in [0.29, 0.717) is 11.4 Å². The number of nitrogens with zero attached hydrogens (tertiary/aromatic N) is 1. The standard InChI is InChI=1S/C43H33N3/c44-41(34-12-3-1-4-13-34)30-42(45)35-23-21-31(22-24-35)36-15-9-16-37(29-36)32-25-27-39(28-26-32)46(38-17-5-2-6-18-38)43-20-10-14-33-11-7-8-19-40(33)43/h1-30,45H,44H2/b41-30-,45-42?. The SMILES string of the molecule is N=C(/C=C(\N)c1ccccc1)c1ccc(-c2cccc(-c3ccc(N(c4ccccc4)c4cccc5ccccc45)cc3)c2)cc1. The first-order chi connectivity index (χ1) is 22.6. The van der Waals surface area contributed by atoms with Gasteiger partial charge in [-0.05, 0) is 81.2 Å². The predicted octanol–water partition coefficient (Wildman–Crippen LogP) is 11.0. The zero-order valence-electron chi connectivity index (χ0n) is 25.3. The van der Waals surface area contributed by atoms with Gasteiger partial charge in [0.2, 0.25) is 0 Å². The first-order valence-electron chi connectivity index (χ1n) is 15.4. The minimum absolute atomic E-state index is 0.384. The number of fused-ring (bicyclic) bond motifs is 1. The molecule has 7 aromatic carbocycles. The van der Waals surface area contributed by atoms with Gasteiger partial charge < -0.3 is 16.0 Å². The van der Waals surface area contributed by atoms with Gasteiger partial charge in [0.05, 0.1) is 11.4 Å². The van der Waals surface area contributed by atoms with E-state index in [1.165, 1.54) is 10.8 Å². The highest BCUT2D eigenvalue weighted by molar-refractivity contribution is 6.10. The smallest absolute Gasteiger partial charge is 0.0632 e. The van der Waals surface area contributed by atoms with Crippen LogP contribution in [-0.2, 0) is 0 Å². The second-order valence-electron chi connectivity index (χ2n) is 11.3. The molecule has 0 aliphatic carbocycles. The first-order valence-corrected chi connectivity index (χ1v) is 15.4. The van der Waals surface area contributed by atoms with Gasteiger partial charge in [-0.2, -0.15) is 0 Å². The molecule has 7 rings (SSSR count). The van der Waals surface area contributed by atoms with E-state index in [4.69, 9.17) is 11.1 Å². The van der Waals surface area contributed by atoms with E-state index in [1.54, 1.807) is 6.08 Å². The molecule has 0 aliphatic rings. The summed E-state index contributed by atoms with van der Waals surface area (Å²) >= 11 is 0. The van der Waals surface area contributed by atoms with Crippen molar-refractivity contribution in [1.29, 1.82) is 5.41 Å². The third kappa shape index (κ3) is 5.95. The maximum Gasteiger partial charge on any atom is 0.0632 e. The molecule has 0 unspecified atom stereocenters. The lowest BCUT2D eigenvalue weighted by atomic mass is 9.97. The molecule has 3 N–H and O–H groups in total. The van der Waals surface area contributed by atoms with Crippen LogP contribution in [0.5, 0.6) is 0 Å². The quantitative estimate of drug-likeness (QED) is 0.173. The van der Waals surface area contributed by atoms with E-state index < -0.39 is 0 Å². The van der Waals surface area contributed by atoms with Crippen molar-refractivity contribution in [3.05, 3.63) is 193 Å². The van der Waals surface area contributed by atoms with Crippen molar-refractivity contribution in [2.75, 3.05) is 4.90 Å². The van der Waals surface area contributed by atoms with E-state index in [-0.39, 0.29) is 0 Å². The number of hydrogen-bond acceptors (Lipinski definition) is 3. The third-order valence-corrected chi connectivity index (χ3v) is 8.28. The molecule has 0 aliphatic heterocycles. The summed E-state index contributed by atoms with van der Waals surface area (Å²) in [5, 5.41) is 11.0. The molecule has 46 heavy (non-hydrogen) atoms. The molecular formula is C43H33N3. The third-order valence-electron chi connectivity index (χ3n) is 8.28. The van der Waals surface area contributed by atoms with Crippen LogP contribution in [0, 0.1) is 5.41 Å². The van der Waals surface area contributed by atoms with Crippen LogP contribution < -0.4 is 10.6 Å². The lowest BCUT2D eigenvalue weighted by Gasteiger charge is -2.27. The Balaban J connectivity index is 1.16. The molecule has 0 saturated carbocycles. The van der Waals surface area contributed by atoms with Crippen molar-refractivity contribution in [3.8, 4) is 22.3 Å². The highest BCUT2D eigenvalue weighted by Crippen LogP contribution is 2.39. The number of allylic oxidation sites excluding steroid dienone is 1. The van der Waals surface area contributed by atoms with Gasteiger partial charge in [0.1, 0.15) is 0 Å². The van der Waals surface area contributed by atoms with Gasteiger partial charge in [0, 0.05) is 22.5 Å². The summed E-state index contributed by atoms with van der Waals surface area (Å²) in [5.74, 6) is 0. The van der Waals surface area contributed by atoms with Gasteiger partial charge in [0.15, 0.2) is 0 Å². The molecule has 0 fully saturated rings. The monoisotopic (exact) mass is 591 g/mol. The van der Waals surface area contributed by atoms with Crippen LogP contribution in [-0.4, -0.2) is 5.71 Å². The highest BCUT2D eigenvalue weighted by atomic mass is 15.1. The molecule has 220 valence electrons. The molecule has 0 bridgehead atoms. The maximum absolute atomic E-state index is 8.57. The molecule has 0 amide bonds. The lowest BCUT2D eigenvalue weighted by molar-refractivity contribution is 1.30. The Kier molecular flexibility index (Phi) is 7.96. The van der Waals surface area contributed by atoms with E-state index in [9.17, 15) is 0 Å². The van der Waals surface area contributed by atoms with E-state index in [2.05, 4.69) is 138 Å². The second kappa shape index (κ2) is 12.8. The van der Waals surface area contributed by atoms with Crippen LogP contribution in [0.1, 0.15) is 11.1 Å². The molecule has 3 nitrogen and oxygen atoms in total. The Morgan fingerprint density at radius 2 is 1.02 bits per heavy atom. The van der Waals surface area contributed by atoms with Gasteiger partial charge in [-0.1, -0.05) is 140 Å². The van der Waals surface area contributed by atoms with Crippen LogP contribution in [0.2, 0.25) is 0 Å². The Hall–Kier alpha value is -6.19. The zero-order valence-corrected chi connectivity index (χ0v) is 25.3. The van der Waals surface area contributed by atoms with Crippen molar-refractivity contribution in [2.45, 2.75) is 0 Å². The van der Waals surface area contributed by atoms with Gasteiger partial charge in [-0.25, -0.2) is 0 Å². The van der Waals surface area contributed by atoms with Crippen molar-refractivity contribution in [2.24, 2.45) is 5.73 Å². The summed E-state index contributed by atoms with van der Waals surface area (Å²) in [6.45, 7) is 0. The van der Waals surface area contributed by atoms with Crippen LogP contribution in [0.4, 0.5) is 17.1 Å². The molecule has 0 spiro atoms. The Morgan fingerprint density at radius 3 is 1.72 bits per heavy atom. The number of para-hydroxylation sites is 1. The fourth-order valence-electron chi connectivity index (χ4n) is 5.88. The van der Waals surface area contributed by atoms with Crippen LogP contribution in [0.3, 0.4) is 0 Å². The number of anilines is 3. The average molecular weight is 592 g/mol. The molecular weight excluding hydrogens is 558 g/mol. The maximum atomic E-state index is 8.57. The summed E-state index contributed by atoms with van der Waals surface area (Å²) in [4.78, 5) is 2.32. The van der Waals surface area contributed by atoms with Crippen molar-refractivity contribution in [3.63, 3.8) is 0 Å². The second-order valence-corrected chi connectivity index (χ2v) is 11.3. The van der Waals surface area contributed by atoms with Crippen molar-refractivity contribution in [1.82, 2.24) is 0 Å². The summed E-state index contributed by atoms with van der Waals surface area (Å²) in [6.07, 6.45) is 1.72. The number of rotatable bonds is 8. The summed E-state index contributed by atoms with van der Waals surface area (Å²) in [7, 11) is 0. The van der Waals surface area contributed by atoms with Crippen LogP contribution >= 0.6 is 0 Å². The van der Waals surface area contributed by atoms with Gasteiger partial charge in [-0.15, -0.1) is 0 Å². The Morgan fingerprint density at radius 1 is 0.478 bits per heavy atom. The zero-order chi connectivity index (χ0) is 31.3. The summed E-state index contributed by atoms with van der Waals surface area (Å²) in [6, 6.07) is 60.8. The fourth-order valence-corrected chi connectivity index (χ4v) is 5.88. The molecule has 0 saturated heterocycles. The summed E-state index contributed by atoms with van der Waals surface area (Å²) < 4.78 is 0. The summed E-state index contributed by atoms with van der Waals surface area (Å²) in [5.41, 5.74) is 16.8. The Bertz CT molecular complexity index is 2140. The number of nitrogens with one attached hydrogen (secondary N) is 1. The van der Waals surface area contributed by atoms with Crippen LogP contribution in [0.25, 0.3) is 38.7 Å². The minimum atomic E-state index is 0.384. The van der Waals surface area contributed by atoms with E-state index in [1.807, 2.05) is 42.5 Å². The van der Waals surface area contributed by atoms with Gasteiger partial charge in [0.25, 0.3) is 0 Å². The molecule has 0 heterocycles. The highest BCUT2D eigenvalue weighted by Gasteiger charge is 2.15. The number of benzene rings is 7. The minimum Gasteiger partial charge on any atom is -0.398 e. The molecule has 0 aromatic heterocycles. The van der Waals surface area contributed by atoms with E-state index in [0.717, 1.165) is 50.4 Å².